The molecule has 0 aliphatic carbocycles. The second-order valence-corrected chi connectivity index (χ2v) is 6.23. The maximum Gasteiger partial charge on any atom is 0.272 e. The van der Waals surface area contributed by atoms with Crippen LogP contribution < -0.4 is 0 Å². The fourth-order valence-corrected chi connectivity index (χ4v) is 3.13. The van der Waals surface area contributed by atoms with Crippen molar-refractivity contribution in [3.8, 4) is 0 Å². The molecule has 0 atom stereocenters. The van der Waals surface area contributed by atoms with E-state index < -0.39 is 0 Å². The normalized spacial score (nSPS) is 16.2. The molecule has 0 saturated carbocycles. The maximum absolute atomic E-state index is 11.1. The summed E-state index contributed by atoms with van der Waals surface area (Å²) >= 11 is 0. The van der Waals surface area contributed by atoms with Crippen LogP contribution in [0.15, 0.2) is 42.7 Å². The summed E-state index contributed by atoms with van der Waals surface area (Å²) < 4.78 is 0. The van der Waals surface area contributed by atoms with Crippen molar-refractivity contribution in [3.05, 3.63) is 69.5 Å². The van der Waals surface area contributed by atoms with E-state index in [0.717, 1.165) is 50.4 Å². The first-order chi connectivity index (χ1) is 11.6. The molecule has 1 aliphatic heterocycles. The van der Waals surface area contributed by atoms with E-state index in [1.165, 1.54) is 5.56 Å². The molecule has 0 bridgehead atoms. The second kappa shape index (κ2) is 7.51. The first kappa shape index (κ1) is 16.5. The smallest absolute Gasteiger partial charge is 0.272 e. The lowest BCUT2D eigenvalue weighted by atomic mass is 10.1. The zero-order chi connectivity index (χ0) is 16.9. The molecule has 6 heteroatoms. The van der Waals surface area contributed by atoms with Crippen molar-refractivity contribution >= 4 is 5.69 Å². The van der Waals surface area contributed by atoms with Crippen LogP contribution in [0.25, 0.3) is 0 Å². The molecule has 1 aliphatic rings. The molecule has 0 unspecified atom stereocenters. The summed E-state index contributed by atoms with van der Waals surface area (Å²) in [6, 6.07) is 9.45. The van der Waals surface area contributed by atoms with E-state index in [0.29, 0.717) is 0 Å². The van der Waals surface area contributed by atoms with Crippen molar-refractivity contribution < 1.29 is 4.92 Å². The number of nitro benzene ring substituents is 1. The highest BCUT2D eigenvalue weighted by Crippen LogP contribution is 2.22. The minimum absolute atomic E-state index is 0.212. The van der Waals surface area contributed by atoms with Crippen LogP contribution in [0.1, 0.15) is 16.7 Å². The van der Waals surface area contributed by atoms with Gasteiger partial charge >= 0.3 is 0 Å². The Kier molecular flexibility index (Phi) is 5.17. The van der Waals surface area contributed by atoms with E-state index in [-0.39, 0.29) is 10.6 Å². The minimum Gasteiger partial charge on any atom is -0.297 e. The molecule has 0 spiro atoms. The van der Waals surface area contributed by atoms with Crippen LogP contribution in [-0.2, 0) is 13.1 Å². The largest absolute Gasteiger partial charge is 0.297 e. The van der Waals surface area contributed by atoms with Gasteiger partial charge in [-0.3, -0.25) is 24.9 Å². The summed E-state index contributed by atoms with van der Waals surface area (Å²) in [6.45, 7) is 7.54. The van der Waals surface area contributed by atoms with Gasteiger partial charge in [0, 0.05) is 63.3 Å². The first-order valence-corrected chi connectivity index (χ1v) is 8.20. The Hall–Kier alpha value is -2.31. The molecule has 0 radical (unpaired) electrons. The average Bonchev–Trinajstić information content (AvgIpc) is 2.59. The lowest BCUT2D eigenvalue weighted by molar-refractivity contribution is -0.385. The number of pyridine rings is 1. The van der Waals surface area contributed by atoms with Gasteiger partial charge in [0.25, 0.3) is 5.69 Å². The van der Waals surface area contributed by atoms with Gasteiger partial charge in [0.1, 0.15) is 0 Å². The zero-order valence-corrected chi connectivity index (χ0v) is 13.9. The number of piperazine rings is 1. The molecular formula is C18H22N4O2. The van der Waals surface area contributed by atoms with Gasteiger partial charge in [-0.1, -0.05) is 12.1 Å². The van der Waals surface area contributed by atoms with Gasteiger partial charge in [0.15, 0.2) is 0 Å². The molecule has 2 aromatic rings. The summed E-state index contributed by atoms with van der Waals surface area (Å²) in [5.41, 5.74) is 3.32. The second-order valence-electron chi connectivity index (χ2n) is 6.23. The molecule has 126 valence electrons. The van der Waals surface area contributed by atoms with E-state index in [4.69, 9.17) is 0 Å². The highest BCUT2D eigenvalue weighted by molar-refractivity contribution is 5.44. The molecule has 1 saturated heterocycles. The number of nitrogens with zero attached hydrogens (tertiary/aromatic N) is 4. The van der Waals surface area contributed by atoms with Crippen molar-refractivity contribution in [2.75, 3.05) is 26.2 Å². The Morgan fingerprint density at radius 3 is 2.29 bits per heavy atom. The molecule has 6 nitrogen and oxygen atoms in total. The van der Waals surface area contributed by atoms with Crippen LogP contribution in [0.5, 0.6) is 0 Å². The van der Waals surface area contributed by atoms with Crippen LogP contribution in [0, 0.1) is 17.0 Å². The van der Waals surface area contributed by atoms with Gasteiger partial charge in [-0.05, 0) is 30.2 Å². The summed E-state index contributed by atoms with van der Waals surface area (Å²) in [5, 5.41) is 11.1. The third-order valence-corrected chi connectivity index (χ3v) is 4.63. The van der Waals surface area contributed by atoms with Gasteiger partial charge in [-0.15, -0.1) is 0 Å². The lowest BCUT2D eigenvalue weighted by Gasteiger charge is -2.35. The molecular weight excluding hydrogens is 304 g/mol. The van der Waals surface area contributed by atoms with Crippen LogP contribution in [0.3, 0.4) is 0 Å². The van der Waals surface area contributed by atoms with Crippen molar-refractivity contribution in [3.63, 3.8) is 0 Å². The quantitative estimate of drug-likeness (QED) is 0.624. The number of nitro groups is 1. The summed E-state index contributed by atoms with van der Waals surface area (Å²) in [4.78, 5) is 19.6. The molecule has 1 aromatic heterocycles. The third kappa shape index (κ3) is 3.96. The number of hydrogen-bond donors (Lipinski definition) is 0. The topological polar surface area (TPSA) is 62.5 Å². The number of aromatic nitrogens is 1. The van der Waals surface area contributed by atoms with Crippen molar-refractivity contribution in [1.82, 2.24) is 14.8 Å². The highest BCUT2D eigenvalue weighted by Gasteiger charge is 2.19. The fraction of sp³-hybridized carbons (Fsp3) is 0.389. The Morgan fingerprint density at radius 2 is 1.67 bits per heavy atom. The Morgan fingerprint density at radius 1 is 1.04 bits per heavy atom. The van der Waals surface area contributed by atoms with E-state index in [1.54, 1.807) is 12.1 Å². The van der Waals surface area contributed by atoms with Crippen LogP contribution in [-0.4, -0.2) is 45.9 Å². The Balaban J connectivity index is 1.56. The van der Waals surface area contributed by atoms with Crippen LogP contribution >= 0.6 is 0 Å². The van der Waals surface area contributed by atoms with E-state index in [1.807, 2.05) is 25.4 Å². The standard InChI is InChI=1S/C18H22N4O2/c1-15-17(3-2-4-18(15)22(23)24)14-21-11-9-20(10-12-21)13-16-5-7-19-8-6-16/h2-8H,9-14H2,1H3. The summed E-state index contributed by atoms with van der Waals surface area (Å²) in [5.74, 6) is 0. The van der Waals surface area contributed by atoms with Gasteiger partial charge in [0.05, 0.1) is 4.92 Å². The first-order valence-electron chi connectivity index (χ1n) is 8.20. The molecule has 1 aromatic carbocycles. The van der Waals surface area contributed by atoms with Gasteiger partial charge in [-0.25, -0.2) is 0 Å². The molecule has 0 amide bonds. The molecule has 24 heavy (non-hydrogen) atoms. The van der Waals surface area contributed by atoms with Gasteiger partial charge in [-0.2, -0.15) is 0 Å². The fourth-order valence-electron chi connectivity index (χ4n) is 3.13. The predicted octanol–water partition coefficient (Wildman–Crippen LogP) is 2.62. The molecule has 0 N–H and O–H groups in total. The average molecular weight is 326 g/mol. The Labute approximate surface area is 141 Å². The highest BCUT2D eigenvalue weighted by atomic mass is 16.6. The summed E-state index contributed by atoms with van der Waals surface area (Å²) in [6.07, 6.45) is 3.66. The SMILES string of the molecule is Cc1c(CN2CCN(Cc3ccncc3)CC2)cccc1[N+](=O)[O-]. The lowest BCUT2D eigenvalue weighted by Crippen LogP contribution is -2.45. The van der Waals surface area contributed by atoms with E-state index in [2.05, 4.69) is 26.9 Å². The summed E-state index contributed by atoms with van der Waals surface area (Å²) in [7, 11) is 0. The zero-order valence-electron chi connectivity index (χ0n) is 13.9. The third-order valence-electron chi connectivity index (χ3n) is 4.63. The van der Waals surface area contributed by atoms with Gasteiger partial charge < -0.3 is 0 Å². The van der Waals surface area contributed by atoms with Crippen molar-refractivity contribution in [1.29, 1.82) is 0 Å². The van der Waals surface area contributed by atoms with Crippen molar-refractivity contribution in [2.24, 2.45) is 0 Å². The number of benzene rings is 1. The molecule has 3 rings (SSSR count). The minimum atomic E-state index is -0.300. The molecule has 1 fully saturated rings. The molecule has 2 heterocycles. The predicted molar refractivity (Wildman–Crippen MR) is 92.6 cm³/mol. The monoisotopic (exact) mass is 326 g/mol. The maximum atomic E-state index is 11.1. The number of hydrogen-bond acceptors (Lipinski definition) is 5. The Bertz CT molecular complexity index is 697. The van der Waals surface area contributed by atoms with E-state index in [9.17, 15) is 10.1 Å². The number of rotatable bonds is 5. The van der Waals surface area contributed by atoms with Crippen LogP contribution in [0.2, 0.25) is 0 Å². The van der Waals surface area contributed by atoms with Crippen molar-refractivity contribution in [2.45, 2.75) is 20.0 Å². The van der Waals surface area contributed by atoms with Gasteiger partial charge in [0.2, 0.25) is 0 Å². The van der Waals surface area contributed by atoms with Crippen LogP contribution in [0.4, 0.5) is 5.69 Å². The van der Waals surface area contributed by atoms with E-state index >= 15 is 0 Å².